The van der Waals surface area contributed by atoms with Crippen LogP contribution in [-0.2, 0) is 27.1 Å². The SMILES string of the molecule is N#CC1C(C(N)=O)SC2C=CC=CC21.NCc1cccc(C(=O)N(CC(=O)O)c2ccccc2C(F)(F)F)c1.O=C(O)C(F)(F)F. The molecule has 2 amide bonds. The topological polar surface area (TPSA) is 188 Å². The van der Waals surface area contributed by atoms with Crippen LogP contribution >= 0.6 is 11.8 Å². The molecule has 4 unspecified atom stereocenters. The Morgan fingerprint density at radius 1 is 0.957 bits per heavy atom. The van der Waals surface area contributed by atoms with E-state index < -0.39 is 48.0 Å². The number of hydrogen-bond donors (Lipinski definition) is 4. The Morgan fingerprint density at radius 3 is 2.09 bits per heavy atom. The fraction of sp³-hybridized carbons (Fsp3) is 0.276. The van der Waals surface area contributed by atoms with Crippen molar-refractivity contribution in [1.29, 1.82) is 5.26 Å². The number of amides is 2. The molecule has 2 aromatic carbocycles. The Bertz CT molecular complexity index is 1540. The Labute approximate surface area is 261 Å². The summed E-state index contributed by atoms with van der Waals surface area (Å²) >= 11 is 1.50. The fourth-order valence-corrected chi connectivity index (χ4v) is 5.76. The van der Waals surface area contributed by atoms with E-state index in [0.717, 1.165) is 12.1 Å². The lowest BCUT2D eigenvalue weighted by Gasteiger charge is -2.24. The molecular weight excluding hydrogens is 646 g/mol. The number of anilines is 1. The highest BCUT2D eigenvalue weighted by molar-refractivity contribution is 8.01. The van der Waals surface area contributed by atoms with Gasteiger partial charge in [-0.3, -0.25) is 19.3 Å². The number of nitriles is 1. The number of para-hydroxylation sites is 1. The molecule has 2 aromatic rings. The van der Waals surface area contributed by atoms with Gasteiger partial charge in [0.25, 0.3) is 5.91 Å². The molecule has 0 bridgehead atoms. The maximum atomic E-state index is 13.2. The lowest BCUT2D eigenvalue weighted by molar-refractivity contribution is -0.192. The lowest BCUT2D eigenvalue weighted by atomic mass is 9.86. The van der Waals surface area contributed by atoms with Crippen LogP contribution in [0.4, 0.5) is 32.0 Å². The van der Waals surface area contributed by atoms with Gasteiger partial charge in [-0.15, -0.1) is 11.8 Å². The summed E-state index contributed by atoms with van der Waals surface area (Å²) in [5.74, 6) is -5.55. The number of aliphatic carboxylic acids is 2. The fourth-order valence-electron chi connectivity index (χ4n) is 4.26. The van der Waals surface area contributed by atoms with Crippen LogP contribution in [0.1, 0.15) is 21.5 Å². The van der Waals surface area contributed by atoms with Crippen LogP contribution in [-0.4, -0.2) is 57.2 Å². The van der Waals surface area contributed by atoms with E-state index in [2.05, 4.69) is 6.07 Å². The van der Waals surface area contributed by atoms with E-state index in [0.29, 0.717) is 10.5 Å². The second-order valence-corrected chi connectivity index (χ2v) is 10.8. The highest BCUT2D eigenvalue weighted by Gasteiger charge is 2.45. The molecule has 10 nitrogen and oxygen atoms in total. The Kier molecular flexibility index (Phi) is 13.0. The number of alkyl halides is 6. The quantitative estimate of drug-likeness (QED) is 0.323. The second kappa shape index (κ2) is 16.0. The van der Waals surface area contributed by atoms with Crippen molar-refractivity contribution in [2.75, 3.05) is 11.4 Å². The van der Waals surface area contributed by atoms with Crippen molar-refractivity contribution in [2.24, 2.45) is 23.3 Å². The highest BCUT2D eigenvalue weighted by atomic mass is 32.2. The number of thioether (sulfide) groups is 1. The van der Waals surface area contributed by atoms with Crippen LogP contribution in [0.25, 0.3) is 0 Å². The number of halogens is 6. The third kappa shape index (κ3) is 10.1. The van der Waals surface area contributed by atoms with Crippen LogP contribution in [0.15, 0.2) is 72.8 Å². The molecule has 246 valence electrons. The summed E-state index contributed by atoms with van der Waals surface area (Å²) in [5, 5.41) is 25.0. The number of fused-ring (bicyclic) bond motifs is 1. The van der Waals surface area contributed by atoms with Gasteiger partial charge in [0.1, 0.15) is 11.8 Å². The molecule has 46 heavy (non-hydrogen) atoms. The zero-order valence-electron chi connectivity index (χ0n) is 23.4. The Balaban J connectivity index is 0.000000292. The van der Waals surface area contributed by atoms with Crippen molar-refractivity contribution in [2.45, 2.75) is 29.4 Å². The van der Waals surface area contributed by atoms with E-state index in [4.69, 9.17) is 31.7 Å². The van der Waals surface area contributed by atoms with Crippen molar-refractivity contribution in [1.82, 2.24) is 0 Å². The van der Waals surface area contributed by atoms with Gasteiger partial charge in [0.2, 0.25) is 5.91 Å². The van der Waals surface area contributed by atoms with E-state index in [1.54, 1.807) is 6.07 Å². The monoisotopic (exact) mass is 672 g/mol. The van der Waals surface area contributed by atoms with E-state index in [9.17, 15) is 40.7 Å². The molecule has 17 heteroatoms. The number of carbonyl (C=O) groups excluding carboxylic acids is 2. The molecular formula is C29H26F6N4O6S. The van der Waals surface area contributed by atoms with Gasteiger partial charge >= 0.3 is 24.3 Å². The Hall–Kier alpha value is -4.82. The molecule has 1 fully saturated rings. The number of benzene rings is 2. The molecule has 2 aliphatic rings. The summed E-state index contributed by atoms with van der Waals surface area (Å²) in [7, 11) is 0. The molecule has 1 saturated heterocycles. The minimum atomic E-state index is -5.08. The predicted molar refractivity (Wildman–Crippen MR) is 154 cm³/mol. The van der Waals surface area contributed by atoms with Gasteiger partial charge in [0.15, 0.2) is 0 Å². The summed E-state index contributed by atoms with van der Waals surface area (Å²) < 4.78 is 71.4. The number of nitrogens with two attached hydrogens (primary N) is 2. The number of carboxylic acid groups (broad SMARTS) is 2. The van der Waals surface area contributed by atoms with Crippen LogP contribution in [0, 0.1) is 23.2 Å². The summed E-state index contributed by atoms with van der Waals surface area (Å²) in [5.41, 5.74) is 9.82. The number of carbonyl (C=O) groups is 4. The standard InChI is InChI=1S/C17H15F3N2O3.C10H10N2OS.C2HF3O2/c18-17(19,20)13-6-1-2-7-14(13)22(10-15(23)24)16(25)12-5-3-4-11(8-12)9-21;11-5-7-6-3-1-2-4-8(6)14-9(7)10(12)13;3-2(4,5)1(6)7/h1-8H,9-10,21H2,(H,23,24);1-4,6-9H,(H2,12,13);(H,6,7). The van der Waals surface area contributed by atoms with Crippen molar-refractivity contribution in [3.8, 4) is 6.07 Å². The van der Waals surface area contributed by atoms with Gasteiger partial charge in [-0.05, 0) is 29.8 Å². The molecule has 4 atom stereocenters. The summed E-state index contributed by atoms with van der Waals surface area (Å²) in [6.45, 7) is -0.766. The van der Waals surface area contributed by atoms with Gasteiger partial charge in [-0.2, -0.15) is 31.6 Å². The number of carboxylic acids is 2. The first-order chi connectivity index (χ1) is 21.4. The summed E-state index contributed by atoms with van der Waals surface area (Å²) in [6, 6.07) is 12.5. The summed E-state index contributed by atoms with van der Waals surface area (Å²) in [6.07, 6.45) is -1.91. The zero-order valence-corrected chi connectivity index (χ0v) is 24.2. The number of allylic oxidation sites excluding steroid dienone is 3. The molecule has 1 aliphatic carbocycles. The molecule has 1 heterocycles. The van der Waals surface area contributed by atoms with Crippen LogP contribution in [0.5, 0.6) is 0 Å². The number of nitrogens with zero attached hydrogens (tertiary/aromatic N) is 2. The van der Waals surface area contributed by atoms with Crippen LogP contribution in [0.3, 0.4) is 0 Å². The zero-order chi connectivity index (χ0) is 34.8. The first-order valence-electron chi connectivity index (χ1n) is 12.9. The first-order valence-corrected chi connectivity index (χ1v) is 13.8. The average molecular weight is 673 g/mol. The number of primary amides is 1. The third-order valence-electron chi connectivity index (χ3n) is 6.29. The van der Waals surface area contributed by atoms with Gasteiger partial charge < -0.3 is 21.7 Å². The first kappa shape index (κ1) is 37.4. The molecule has 4 rings (SSSR count). The third-order valence-corrected chi connectivity index (χ3v) is 7.89. The number of rotatable bonds is 6. The van der Waals surface area contributed by atoms with Crippen molar-refractivity contribution < 1.29 is 55.7 Å². The van der Waals surface area contributed by atoms with E-state index in [-0.39, 0.29) is 40.4 Å². The van der Waals surface area contributed by atoms with Gasteiger partial charge in [-0.1, -0.05) is 48.6 Å². The maximum absolute atomic E-state index is 13.2. The minimum absolute atomic E-state index is 0.0566. The van der Waals surface area contributed by atoms with E-state index >= 15 is 0 Å². The smallest absolute Gasteiger partial charge is 0.480 e. The highest BCUT2D eigenvalue weighted by Crippen LogP contribution is 2.45. The molecule has 0 saturated carbocycles. The van der Waals surface area contributed by atoms with Crippen molar-refractivity contribution in [3.63, 3.8) is 0 Å². The number of hydrogen-bond acceptors (Lipinski definition) is 7. The minimum Gasteiger partial charge on any atom is -0.480 e. The second-order valence-electron chi connectivity index (χ2n) is 9.43. The van der Waals surface area contributed by atoms with Gasteiger partial charge in [-0.25, -0.2) is 4.79 Å². The average Bonchev–Trinajstić information content (AvgIpc) is 3.38. The predicted octanol–water partition coefficient (Wildman–Crippen LogP) is 4.37. The largest absolute Gasteiger partial charge is 0.490 e. The van der Waals surface area contributed by atoms with Crippen LogP contribution < -0.4 is 16.4 Å². The Morgan fingerprint density at radius 2 is 1.57 bits per heavy atom. The molecule has 0 aromatic heterocycles. The molecule has 1 aliphatic heterocycles. The van der Waals surface area contributed by atoms with Crippen LogP contribution in [0.2, 0.25) is 0 Å². The van der Waals surface area contributed by atoms with E-state index in [1.807, 2.05) is 24.3 Å². The maximum Gasteiger partial charge on any atom is 0.490 e. The molecule has 6 N–H and O–H groups in total. The van der Waals surface area contributed by atoms with Crippen molar-refractivity contribution >= 4 is 41.2 Å². The summed E-state index contributed by atoms with van der Waals surface area (Å²) in [4.78, 5) is 44.4. The van der Waals surface area contributed by atoms with E-state index in [1.165, 1.54) is 42.1 Å². The van der Waals surface area contributed by atoms with Gasteiger partial charge in [0, 0.05) is 23.3 Å². The molecule has 0 radical (unpaired) electrons. The molecule has 0 spiro atoms. The van der Waals surface area contributed by atoms with Crippen molar-refractivity contribution in [3.05, 3.63) is 89.5 Å². The normalized spacial score (nSPS) is 19.7. The van der Waals surface area contributed by atoms with Gasteiger partial charge in [0.05, 0.1) is 23.2 Å². The lowest BCUT2D eigenvalue weighted by Crippen LogP contribution is -2.37.